The predicted molar refractivity (Wildman–Crippen MR) is 34.1 cm³/mol. The van der Waals surface area contributed by atoms with E-state index in [-0.39, 0.29) is 5.82 Å². The second-order valence-electron chi connectivity index (χ2n) is 1.51. The highest BCUT2D eigenvalue weighted by Gasteiger charge is 1.89. The molecular formula is C5H5N3O. The van der Waals surface area contributed by atoms with Gasteiger partial charge in [-0.2, -0.15) is 0 Å². The van der Waals surface area contributed by atoms with Gasteiger partial charge < -0.3 is 5.73 Å². The highest BCUT2D eigenvalue weighted by atomic mass is 16.3. The third-order valence-electron chi connectivity index (χ3n) is 0.849. The molecule has 2 N–H and O–H groups in total. The SMILES string of the molecule is Nc1cccc(N=O)n1. The molecule has 1 rings (SSSR count). The number of nitrogen functional groups attached to an aromatic ring is 1. The van der Waals surface area contributed by atoms with Gasteiger partial charge in [-0.15, -0.1) is 4.91 Å². The van der Waals surface area contributed by atoms with Gasteiger partial charge in [-0.3, -0.25) is 0 Å². The standard InChI is InChI=1S/C5H5N3O/c6-4-2-1-3-5(7-4)8-9/h1-3H,(H2,6,7). The summed E-state index contributed by atoms with van der Waals surface area (Å²) in [6.45, 7) is 0. The molecule has 0 unspecified atom stereocenters. The monoisotopic (exact) mass is 123 g/mol. The maximum atomic E-state index is 9.79. The van der Waals surface area contributed by atoms with Crippen LogP contribution in [0.15, 0.2) is 23.4 Å². The van der Waals surface area contributed by atoms with Crippen LogP contribution in [0.25, 0.3) is 0 Å². The summed E-state index contributed by atoms with van der Waals surface area (Å²) in [7, 11) is 0. The quantitative estimate of drug-likeness (QED) is 0.567. The van der Waals surface area contributed by atoms with Crippen molar-refractivity contribution in [3.63, 3.8) is 0 Å². The number of pyridine rings is 1. The Kier molecular flexibility index (Phi) is 1.40. The van der Waals surface area contributed by atoms with Gasteiger partial charge in [0.25, 0.3) is 0 Å². The van der Waals surface area contributed by atoms with Gasteiger partial charge in [0, 0.05) is 0 Å². The molecule has 0 fully saturated rings. The van der Waals surface area contributed by atoms with Crippen molar-refractivity contribution in [3.05, 3.63) is 23.1 Å². The minimum absolute atomic E-state index is 0.120. The Balaban J connectivity index is 3.07. The van der Waals surface area contributed by atoms with Crippen molar-refractivity contribution >= 4 is 11.6 Å². The van der Waals surface area contributed by atoms with Crippen molar-refractivity contribution in [2.24, 2.45) is 5.18 Å². The number of nitroso groups, excluding NO2 is 1. The van der Waals surface area contributed by atoms with Crippen LogP contribution in [-0.4, -0.2) is 4.98 Å². The van der Waals surface area contributed by atoms with Crippen molar-refractivity contribution < 1.29 is 0 Å². The molecule has 1 aromatic heterocycles. The molecule has 0 saturated carbocycles. The van der Waals surface area contributed by atoms with E-state index in [1.54, 1.807) is 12.1 Å². The average molecular weight is 123 g/mol. The Morgan fingerprint density at radius 2 is 2.33 bits per heavy atom. The molecule has 0 radical (unpaired) electrons. The minimum atomic E-state index is 0.120. The van der Waals surface area contributed by atoms with Gasteiger partial charge in [0.05, 0.1) is 0 Å². The van der Waals surface area contributed by atoms with E-state index in [2.05, 4.69) is 10.2 Å². The first-order chi connectivity index (χ1) is 4.33. The maximum Gasteiger partial charge on any atom is 0.198 e. The molecule has 9 heavy (non-hydrogen) atoms. The third-order valence-corrected chi connectivity index (χ3v) is 0.849. The Morgan fingerprint density at radius 1 is 1.56 bits per heavy atom. The van der Waals surface area contributed by atoms with Crippen LogP contribution >= 0.6 is 0 Å². The van der Waals surface area contributed by atoms with Crippen LogP contribution < -0.4 is 5.73 Å². The lowest BCUT2D eigenvalue weighted by atomic mass is 10.4. The van der Waals surface area contributed by atoms with Gasteiger partial charge in [0.15, 0.2) is 5.82 Å². The topological polar surface area (TPSA) is 68.3 Å². The number of aromatic nitrogens is 1. The van der Waals surface area contributed by atoms with E-state index in [0.717, 1.165) is 0 Å². The lowest BCUT2D eigenvalue weighted by Gasteiger charge is -1.88. The molecule has 0 aromatic carbocycles. The van der Waals surface area contributed by atoms with Crippen molar-refractivity contribution in [3.8, 4) is 0 Å². The summed E-state index contributed by atoms with van der Waals surface area (Å²) < 4.78 is 0. The lowest BCUT2D eigenvalue weighted by molar-refractivity contribution is 1.27. The van der Waals surface area contributed by atoms with E-state index in [1.165, 1.54) is 6.07 Å². The van der Waals surface area contributed by atoms with Crippen LogP contribution in [0.1, 0.15) is 0 Å². The van der Waals surface area contributed by atoms with Crippen molar-refractivity contribution in [2.75, 3.05) is 5.73 Å². The zero-order valence-corrected chi connectivity index (χ0v) is 4.61. The van der Waals surface area contributed by atoms with Gasteiger partial charge >= 0.3 is 0 Å². The molecule has 4 nitrogen and oxygen atoms in total. The fourth-order valence-corrected chi connectivity index (χ4v) is 0.490. The fraction of sp³-hybridized carbons (Fsp3) is 0. The Labute approximate surface area is 51.7 Å². The van der Waals surface area contributed by atoms with E-state index < -0.39 is 0 Å². The van der Waals surface area contributed by atoms with Crippen LogP contribution in [0, 0.1) is 4.91 Å². The zero-order chi connectivity index (χ0) is 6.69. The van der Waals surface area contributed by atoms with Crippen molar-refractivity contribution in [1.29, 1.82) is 0 Å². The third kappa shape index (κ3) is 1.22. The van der Waals surface area contributed by atoms with Crippen LogP contribution in [0.4, 0.5) is 11.6 Å². The van der Waals surface area contributed by atoms with Gasteiger partial charge in [-0.1, -0.05) is 6.07 Å². The van der Waals surface area contributed by atoms with Crippen molar-refractivity contribution in [1.82, 2.24) is 4.98 Å². The van der Waals surface area contributed by atoms with Gasteiger partial charge in [-0.05, 0) is 17.3 Å². The lowest BCUT2D eigenvalue weighted by Crippen LogP contribution is -1.86. The highest BCUT2D eigenvalue weighted by Crippen LogP contribution is 2.07. The normalized spacial score (nSPS) is 8.89. The Hall–Kier alpha value is -1.45. The second kappa shape index (κ2) is 2.21. The zero-order valence-electron chi connectivity index (χ0n) is 4.61. The predicted octanol–water partition coefficient (Wildman–Crippen LogP) is 1.06. The summed E-state index contributed by atoms with van der Waals surface area (Å²) in [5, 5.41) is 2.59. The highest BCUT2D eigenvalue weighted by molar-refractivity contribution is 5.37. The molecule has 0 spiro atoms. The van der Waals surface area contributed by atoms with E-state index in [4.69, 9.17) is 5.73 Å². The van der Waals surface area contributed by atoms with E-state index >= 15 is 0 Å². The number of rotatable bonds is 1. The second-order valence-corrected chi connectivity index (χ2v) is 1.51. The van der Waals surface area contributed by atoms with Gasteiger partial charge in [-0.25, -0.2) is 4.98 Å². The fourth-order valence-electron chi connectivity index (χ4n) is 0.490. The number of nitrogens with zero attached hydrogens (tertiary/aromatic N) is 2. The van der Waals surface area contributed by atoms with E-state index in [1.807, 2.05) is 0 Å². The first kappa shape index (κ1) is 5.68. The molecular weight excluding hydrogens is 118 g/mol. The van der Waals surface area contributed by atoms with Crippen LogP contribution in [-0.2, 0) is 0 Å². The molecule has 0 aliphatic carbocycles. The minimum Gasteiger partial charge on any atom is -0.384 e. The number of hydrogen-bond donors (Lipinski definition) is 1. The molecule has 46 valence electrons. The van der Waals surface area contributed by atoms with Crippen molar-refractivity contribution in [2.45, 2.75) is 0 Å². The van der Waals surface area contributed by atoms with E-state index in [0.29, 0.717) is 5.82 Å². The first-order valence-electron chi connectivity index (χ1n) is 2.39. The van der Waals surface area contributed by atoms with Gasteiger partial charge in [0.1, 0.15) is 5.82 Å². The summed E-state index contributed by atoms with van der Waals surface area (Å²) in [6, 6.07) is 4.71. The molecule has 0 aliphatic rings. The molecule has 1 heterocycles. The summed E-state index contributed by atoms with van der Waals surface area (Å²) in [6.07, 6.45) is 0. The van der Waals surface area contributed by atoms with Crippen LogP contribution in [0.3, 0.4) is 0 Å². The molecule has 0 atom stereocenters. The Bertz CT molecular complexity index is 223. The number of nitrogens with two attached hydrogens (primary N) is 1. The largest absolute Gasteiger partial charge is 0.384 e. The molecule has 4 heteroatoms. The molecule has 0 aliphatic heterocycles. The molecule has 0 bridgehead atoms. The van der Waals surface area contributed by atoms with Crippen LogP contribution in [0.2, 0.25) is 0 Å². The molecule has 0 saturated heterocycles. The molecule has 1 aromatic rings. The summed E-state index contributed by atoms with van der Waals surface area (Å²) in [5.41, 5.74) is 5.22. The first-order valence-corrected chi connectivity index (χ1v) is 2.39. The summed E-state index contributed by atoms with van der Waals surface area (Å²) in [5.74, 6) is 0.433. The summed E-state index contributed by atoms with van der Waals surface area (Å²) in [4.78, 5) is 13.4. The Morgan fingerprint density at radius 3 is 2.78 bits per heavy atom. The number of anilines is 1. The smallest absolute Gasteiger partial charge is 0.198 e. The van der Waals surface area contributed by atoms with E-state index in [9.17, 15) is 4.91 Å². The summed E-state index contributed by atoms with van der Waals surface area (Å²) >= 11 is 0. The average Bonchev–Trinajstić information content (AvgIpc) is 1.88. The molecule has 0 amide bonds. The van der Waals surface area contributed by atoms with Crippen LogP contribution in [0.5, 0.6) is 0 Å². The maximum absolute atomic E-state index is 9.79. The van der Waals surface area contributed by atoms with Gasteiger partial charge in [0.2, 0.25) is 0 Å². The number of hydrogen-bond acceptors (Lipinski definition) is 4.